The molecule has 0 heterocycles. The number of rotatable bonds is 3. The van der Waals surface area contributed by atoms with Gasteiger partial charge in [0.25, 0.3) is 0 Å². The summed E-state index contributed by atoms with van der Waals surface area (Å²) >= 11 is 5.82. The summed E-state index contributed by atoms with van der Waals surface area (Å²) in [4.78, 5) is 23.2. The number of carbonyl (C=O) groups excluding carboxylic acids is 2. The van der Waals surface area contributed by atoms with Gasteiger partial charge in [-0.1, -0.05) is 11.6 Å². The van der Waals surface area contributed by atoms with Crippen LogP contribution in [0.5, 0.6) is 0 Å². The van der Waals surface area contributed by atoms with Gasteiger partial charge in [0.15, 0.2) is 5.60 Å². The molecule has 0 aliphatic rings. The van der Waals surface area contributed by atoms with Gasteiger partial charge in [0.1, 0.15) is 0 Å². The summed E-state index contributed by atoms with van der Waals surface area (Å²) < 4.78 is 5.02. The molecule has 0 aliphatic carbocycles. The summed E-state index contributed by atoms with van der Waals surface area (Å²) in [5.41, 5.74) is 0.119. The quantitative estimate of drug-likeness (QED) is 0.615. The molecule has 1 aromatic rings. The first kappa shape index (κ1) is 13.7. The van der Waals surface area contributed by atoms with Crippen LogP contribution in [0.3, 0.4) is 0 Å². The Morgan fingerprint density at radius 3 is 2.35 bits per heavy atom. The van der Waals surface area contributed by atoms with E-state index in [2.05, 4.69) is 0 Å². The molecule has 92 valence electrons. The maximum atomic E-state index is 12.2. The van der Waals surface area contributed by atoms with Gasteiger partial charge in [0.05, 0.1) is 0 Å². The summed E-state index contributed by atoms with van der Waals surface area (Å²) in [5.74, 6) is -0.711. The maximum absolute atomic E-state index is 12.2. The number of carbonyl (C=O) groups is 2. The van der Waals surface area contributed by atoms with Crippen LogP contribution < -0.4 is 0 Å². The minimum Gasteiger partial charge on any atom is -0.451 e. The monoisotopic (exact) mass is 254 g/mol. The summed E-state index contributed by atoms with van der Waals surface area (Å²) in [6, 6.07) is 5.00. The SMILES string of the molecule is CC(=O)OC(C)(C)C(=O)c1ccc(Cl)cc1C. The normalized spacial score (nSPS) is 11.1. The van der Waals surface area contributed by atoms with Crippen molar-refractivity contribution in [3.05, 3.63) is 34.3 Å². The molecule has 1 rings (SSSR count). The van der Waals surface area contributed by atoms with Gasteiger partial charge < -0.3 is 4.74 Å². The highest BCUT2D eigenvalue weighted by molar-refractivity contribution is 6.30. The Morgan fingerprint density at radius 1 is 1.29 bits per heavy atom. The van der Waals surface area contributed by atoms with Crippen LogP contribution in [0.2, 0.25) is 5.02 Å². The molecule has 0 radical (unpaired) electrons. The molecule has 1 aromatic carbocycles. The fourth-order valence-corrected chi connectivity index (χ4v) is 1.84. The van der Waals surface area contributed by atoms with Crippen LogP contribution in [0, 0.1) is 6.92 Å². The second kappa shape index (κ2) is 4.88. The zero-order valence-electron chi connectivity index (χ0n) is 10.3. The third kappa shape index (κ3) is 3.30. The number of hydrogen-bond donors (Lipinski definition) is 0. The first-order valence-electron chi connectivity index (χ1n) is 5.24. The molecular weight excluding hydrogens is 240 g/mol. The average Bonchev–Trinajstić information content (AvgIpc) is 2.14. The van der Waals surface area contributed by atoms with Crippen molar-refractivity contribution < 1.29 is 14.3 Å². The van der Waals surface area contributed by atoms with Crippen molar-refractivity contribution >= 4 is 23.4 Å². The van der Waals surface area contributed by atoms with E-state index in [4.69, 9.17) is 16.3 Å². The van der Waals surface area contributed by atoms with E-state index in [9.17, 15) is 9.59 Å². The van der Waals surface area contributed by atoms with Crippen molar-refractivity contribution in [2.45, 2.75) is 33.3 Å². The first-order chi connectivity index (χ1) is 7.74. The second-order valence-electron chi connectivity index (χ2n) is 4.39. The van der Waals surface area contributed by atoms with E-state index in [1.807, 2.05) is 0 Å². The zero-order chi connectivity index (χ0) is 13.2. The van der Waals surface area contributed by atoms with Crippen molar-refractivity contribution in [1.29, 1.82) is 0 Å². The minimum atomic E-state index is -1.16. The van der Waals surface area contributed by atoms with Gasteiger partial charge in [-0.15, -0.1) is 0 Å². The smallest absolute Gasteiger partial charge is 0.303 e. The van der Waals surface area contributed by atoms with E-state index in [1.165, 1.54) is 6.92 Å². The molecule has 0 unspecified atom stereocenters. The van der Waals surface area contributed by atoms with Crippen molar-refractivity contribution in [1.82, 2.24) is 0 Å². The van der Waals surface area contributed by atoms with Crippen LogP contribution >= 0.6 is 11.6 Å². The number of benzene rings is 1. The van der Waals surface area contributed by atoms with Crippen LogP contribution in [-0.4, -0.2) is 17.4 Å². The molecule has 0 amide bonds. The van der Waals surface area contributed by atoms with E-state index in [0.29, 0.717) is 10.6 Å². The molecule has 0 fully saturated rings. The first-order valence-corrected chi connectivity index (χ1v) is 5.62. The lowest BCUT2D eigenvalue weighted by Crippen LogP contribution is -2.37. The maximum Gasteiger partial charge on any atom is 0.303 e. The fraction of sp³-hybridized carbons (Fsp3) is 0.385. The Hall–Kier alpha value is -1.35. The van der Waals surface area contributed by atoms with Crippen LogP contribution in [0.1, 0.15) is 36.7 Å². The summed E-state index contributed by atoms with van der Waals surface area (Å²) in [7, 11) is 0. The summed E-state index contributed by atoms with van der Waals surface area (Å²) in [6.45, 7) is 6.22. The van der Waals surface area contributed by atoms with Gasteiger partial charge in [-0.25, -0.2) is 0 Å². The van der Waals surface area contributed by atoms with Gasteiger partial charge in [-0.3, -0.25) is 9.59 Å². The lowest BCUT2D eigenvalue weighted by atomic mass is 9.93. The Kier molecular flexibility index (Phi) is 3.94. The third-order valence-corrected chi connectivity index (χ3v) is 2.61. The Balaban J connectivity index is 3.07. The average molecular weight is 255 g/mol. The Labute approximate surface area is 106 Å². The number of esters is 1. The van der Waals surface area contributed by atoms with Gasteiger partial charge in [-0.2, -0.15) is 0 Å². The molecule has 0 saturated carbocycles. The standard InChI is InChI=1S/C13H15ClO3/c1-8-7-10(14)5-6-11(8)12(16)13(3,4)17-9(2)15/h5-7H,1-4H3. The van der Waals surface area contributed by atoms with Crippen molar-refractivity contribution in [3.63, 3.8) is 0 Å². The van der Waals surface area contributed by atoms with Crippen molar-refractivity contribution in [2.24, 2.45) is 0 Å². The number of ether oxygens (including phenoxy) is 1. The predicted molar refractivity (Wildman–Crippen MR) is 66.4 cm³/mol. The lowest BCUT2D eigenvalue weighted by Gasteiger charge is -2.23. The van der Waals surface area contributed by atoms with Crippen LogP contribution in [0.25, 0.3) is 0 Å². The van der Waals surface area contributed by atoms with Crippen LogP contribution in [0.15, 0.2) is 18.2 Å². The van der Waals surface area contributed by atoms with E-state index < -0.39 is 11.6 Å². The molecule has 0 bridgehead atoms. The molecule has 0 saturated heterocycles. The lowest BCUT2D eigenvalue weighted by molar-refractivity contribution is -0.149. The summed E-state index contributed by atoms with van der Waals surface area (Å²) in [6.07, 6.45) is 0. The van der Waals surface area contributed by atoms with E-state index in [-0.39, 0.29) is 5.78 Å². The second-order valence-corrected chi connectivity index (χ2v) is 4.83. The largest absolute Gasteiger partial charge is 0.451 e. The molecule has 0 N–H and O–H groups in total. The molecule has 0 aromatic heterocycles. The molecule has 17 heavy (non-hydrogen) atoms. The zero-order valence-corrected chi connectivity index (χ0v) is 11.1. The van der Waals surface area contributed by atoms with Gasteiger partial charge in [0.2, 0.25) is 5.78 Å². The predicted octanol–water partition coefficient (Wildman–Crippen LogP) is 3.17. The topological polar surface area (TPSA) is 43.4 Å². The number of Topliss-reactive ketones (excluding diaryl/α,β-unsaturated/α-hetero) is 1. The third-order valence-electron chi connectivity index (χ3n) is 2.38. The highest BCUT2D eigenvalue weighted by Crippen LogP contribution is 2.22. The van der Waals surface area contributed by atoms with Gasteiger partial charge >= 0.3 is 5.97 Å². The number of halogens is 1. The molecule has 0 aliphatic heterocycles. The Morgan fingerprint density at radius 2 is 1.88 bits per heavy atom. The van der Waals surface area contributed by atoms with Gasteiger partial charge in [0, 0.05) is 17.5 Å². The summed E-state index contributed by atoms with van der Waals surface area (Å²) in [5, 5.41) is 0.573. The molecular formula is C13H15ClO3. The number of aryl methyl sites for hydroxylation is 1. The number of hydrogen-bond acceptors (Lipinski definition) is 3. The van der Waals surface area contributed by atoms with Crippen molar-refractivity contribution in [3.8, 4) is 0 Å². The molecule has 4 heteroatoms. The van der Waals surface area contributed by atoms with E-state index >= 15 is 0 Å². The van der Waals surface area contributed by atoms with E-state index in [0.717, 1.165) is 5.56 Å². The highest BCUT2D eigenvalue weighted by Gasteiger charge is 2.32. The van der Waals surface area contributed by atoms with E-state index in [1.54, 1.807) is 39.0 Å². The molecule has 0 atom stereocenters. The molecule has 0 spiro atoms. The minimum absolute atomic E-state index is 0.234. The molecule has 3 nitrogen and oxygen atoms in total. The van der Waals surface area contributed by atoms with Crippen molar-refractivity contribution in [2.75, 3.05) is 0 Å². The van der Waals surface area contributed by atoms with Crippen LogP contribution in [0.4, 0.5) is 0 Å². The number of ketones is 1. The Bertz CT molecular complexity index is 464. The highest BCUT2D eigenvalue weighted by atomic mass is 35.5. The van der Waals surface area contributed by atoms with Gasteiger partial charge in [-0.05, 0) is 44.5 Å². The fourth-order valence-electron chi connectivity index (χ4n) is 1.61. The van der Waals surface area contributed by atoms with Crippen LogP contribution in [-0.2, 0) is 9.53 Å².